The second kappa shape index (κ2) is 9.00. The summed E-state index contributed by atoms with van der Waals surface area (Å²) in [7, 11) is 0. The van der Waals surface area contributed by atoms with E-state index in [0.717, 1.165) is 38.8 Å². The predicted octanol–water partition coefficient (Wildman–Crippen LogP) is -1.59. The lowest BCUT2D eigenvalue weighted by Gasteiger charge is -2.32. The largest absolute Gasteiger partial charge is 0.394 e. The van der Waals surface area contributed by atoms with Crippen LogP contribution in [0.4, 0.5) is 0 Å². The third kappa shape index (κ3) is 5.30. The molecule has 2 atom stereocenters. The molecule has 25 heavy (non-hydrogen) atoms. The minimum absolute atomic E-state index is 0.00738. The van der Waals surface area contributed by atoms with Crippen LogP contribution in [0.25, 0.3) is 0 Å². The molecule has 0 spiro atoms. The summed E-state index contributed by atoms with van der Waals surface area (Å²) < 4.78 is 0. The zero-order chi connectivity index (χ0) is 18.4. The van der Waals surface area contributed by atoms with Crippen LogP contribution < -0.4 is 16.8 Å². The summed E-state index contributed by atoms with van der Waals surface area (Å²) in [5.74, 6) is 0.137. The Morgan fingerprint density at radius 3 is 2.52 bits per heavy atom. The van der Waals surface area contributed by atoms with E-state index in [-0.39, 0.29) is 30.4 Å². The molecular weight excluding hydrogens is 324 g/mol. The molecule has 0 bridgehead atoms. The van der Waals surface area contributed by atoms with Crippen molar-refractivity contribution < 1.29 is 14.7 Å². The van der Waals surface area contributed by atoms with Gasteiger partial charge >= 0.3 is 0 Å². The van der Waals surface area contributed by atoms with Crippen LogP contribution in [0, 0.1) is 11.3 Å². The van der Waals surface area contributed by atoms with Gasteiger partial charge in [0.2, 0.25) is 11.8 Å². The fourth-order valence-corrected chi connectivity index (χ4v) is 3.57. The van der Waals surface area contributed by atoms with Crippen molar-refractivity contribution in [3.05, 3.63) is 0 Å². The number of aliphatic hydroxyl groups excluding tert-OH is 1. The molecule has 2 fully saturated rings. The first-order valence-corrected chi connectivity index (χ1v) is 8.95. The van der Waals surface area contributed by atoms with Gasteiger partial charge in [0.15, 0.2) is 5.96 Å². The van der Waals surface area contributed by atoms with Gasteiger partial charge in [0.05, 0.1) is 6.61 Å². The van der Waals surface area contributed by atoms with E-state index in [2.05, 4.69) is 5.32 Å². The molecule has 9 heteroatoms. The maximum absolute atomic E-state index is 12.2. The lowest BCUT2D eigenvalue weighted by molar-refractivity contribution is -0.134. The number of amides is 2. The van der Waals surface area contributed by atoms with Crippen molar-refractivity contribution in [3.63, 3.8) is 0 Å². The molecule has 0 saturated carbocycles. The topological polar surface area (TPSA) is 149 Å². The number of piperidine rings is 1. The van der Waals surface area contributed by atoms with Crippen molar-refractivity contribution in [1.29, 1.82) is 5.41 Å². The van der Waals surface area contributed by atoms with Crippen molar-refractivity contribution >= 4 is 17.8 Å². The van der Waals surface area contributed by atoms with Crippen LogP contribution in [-0.2, 0) is 9.59 Å². The van der Waals surface area contributed by atoms with Crippen molar-refractivity contribution in [2.24, 2.45) is 17.4 Å². The van der Waals surface area contributed by atoms with Crippen molar-refractivity contribution in [2.45, 2.75) is 44.2 Å². The Morgan fingerprint density at radius 1 is 1.24 bits per heavy atom. The molecule has 0 aromatic rings. The third-order valence-corrected chi connectivity index (χ3v) is 5.14. The average molecular weight is 354 g/mol. The standard InChI is InChI=1S/C16H30N6O3/c17-13(10-23)15(25)22-5-1-2-12(22)9-20-14(24)8-11-3-6-21(7-4-11)16(18)19/h11-13,23H,1-10,17H2,(H3,18,19)(H,20,24)/t12-,13-/m0/s1. The predicted molar refractivity (Wildman–Crippen MR) is 93.6 cm³/mol. The van der Waals surface area contributed by atoms with Crippen molar-refractivity contribution in [1.82, 2.24) is 15.1 Å². The summed E-state index contributed by atoms with van der Waals surface area (Å²) in [4.78, 5) is 27.8. The van der Waals surface area contributed by atoms with Gasteiger partial charge in [0, 0.05) is 38.6 Å². The summed E-state index contributed by atoms with van der Waals surface area (Å²) >= 11 is 0. The molecule has 142 valence electrons. The van der Waals surface area contributed by atoms with Gasteiger partial charge in [-0.15, -0.1) is 0 Å². The molecule has 0 unspecified atom stereocenters. The molecule has 2 aliphatic rings. The Bertz CT molecular complexity index is 492. The number of nitrogens with zero attached hydrogens (tertiary/aromatic N) is 2. The van der Waals surface area contributed by atoms with Crippen LogP contribution in [0.15, 0.2) is 0 Å². The number of guanidine groups is 1. The van der Waals surface area contributed by atoms with Gasteiger partial charge in [-0.25, -0.2) is 0 Å². The SMILES string of the molecule is N=C(N)N1CCC(CC(=O)NC[C@@H]2CCCN2C(=O)[C@@H](N)CO)CC1. The smallest absolute Gasteiger partial charge is 0.242 e. The second-order valence-electron chi connectivity index (χ2n) is 6.94. The van der Waals surface area contributed by atoms with E-state index in [0.29, 0.717) is 25.4 Å². The highest BCUT2D eigenvalue weighted by molar-refractivity contribution is 5.82. The number of nitrogens with one attached hydrogen (secondary N) is 2. The summed E-state index contributed by atoms with van der Waals surface area (Å²) in [5.41, 5.74) is 11.1. The summed E-state index contributed by atoms with van der Waals surface area (Å²) in [6.45, 7) is 2.12. The second-order valence-corrected chi connectivity index (χ2v) is 6.94. The molecule has 2 saturated heterocycles. The van der Waals surface area contributed by atoms with Gasteiger partial charge in [0.25, 0.3) is 0 Å². The van der Waals surface area contributed by atoms with Gasteiger partial charge in [0.1, 0.15) is 6.04 Å². The van der Waals surface area contributed by atoms with Crippen LogP contribution in [0.3, 0.4) is 0 Å². The van der Waals surface area contributed by atoms with Gasteiger partial charge in [-0.1, -0.05) is 0 Å². The highest BCUT2D eigenvalue weighted by Gasteiger charge is 2.31. The first kappa shape index (κ1) is 19.5. The van der Waals surface area contributed by atoms with Gasteiger partial charge in [-0.05, 0) is 31.6 Å². The molecule has 2 heterocycles. The molecule has 9 nitrogen and oxygen atoms in total. The molecule has 7 N–H and O–H groups in total. The van der Waals surface area contributed by atoms with Crippen LogP contribution in [0.5, 0.6) is 0 Å². The van der Waals surface area contributed by atoms with E-state index in [1.165, 1.54) is 0 Å². The zero-order valence-corrected chi connectivity index (χ0v) is 14.6. The van der Waals surface area contributed by atoms with Crippen molar-refractivity contribution in [2.75, 3.05) is 32.8 Å². The highest BCUT2D eigenvalue weighted by Crippen LogP contribution is 2.21. The van der Waals surface area contributed by atoms with Crippen molar-refractivity contribution in [3.8, 4) is 0 Å². The maximum atomic E-state index is 12.2. The summed E-state index contributed by atoms with van der Waals surface area (Å²) in [5, 5.41) is 19.4. The number of hydrogen-bond donors (Lipinski definition) is 5. The Morgan fingerprint density at radius 2 is 1.92 bits per heavy atom. The van der Waals surface area contributed by atoms with Gasteiger partial charge < -0.3 is 31.7 Å². The molecule has 0 radical (unpaired) electrons. The molecule has 0 aromatic carbocycles. The van der Waals surface area contributed by atoms with Gasteiger partial charge in [-0.2, -0.15) is 0 Å². The van der Waals surface area contributed by atoms with E-state index in [9.17, 15) is 9.59 Å². The molecule has 2 amide bonds. The number of likely N-dealkylation sites (tertiary alicyclic amines) is 2. The lowest BCUT2D eigenvalue weighted by Crippen LogP contribution is -2.50. The Kier molecular flexibility index (Phi) is 7.01. The van der Waals surface area contributed by atoms with E-state index in [4.69, 9.17) is 22.0 Å². The Balaban J connectivity index is 1.72. The van der Waals surface area contributed by atoms with E-state index >= 15 is 0 Å². The quantitative estimate of drug-likeness (QED) is 0.287. The fourth-order valence-electron chi connectivity index (χ4n) is 3.57. The summed E-state index contributed by atoms with van der Waals surface area (Å²) in [6.07, 6.45) is 3.89. The summed E-state index contributed by atoms with van der Waals surface area (Å²) in [6, 6.07) is -0.934. The Hall–Kier alpha value is -1.87. The monoisotopic (exact) mass is 354 g/mol. The molecule has 0 aliphatic carbocycles. The zero-order valence-electron chi connectivity index (χ0n) is 14.6. The number of aliphatic hydroxyl groups is 1. The maximum Gasteiger partial charge on any atom is 0.242 e. The van der Waals surface area contributed by atoms with Gasteiger partial charge in [-0.3, -0.25) is 15.0 Å². The molecule has 2 rings (SSSR count). The molecular formula is C16H30N6O3. The minimum Gasteiger partial charge on any atom is -0.394 e. The normalized spacial score (nSPS) is 22.7. The number of nitrogens with two attached hydrogens (primary N) is 2. The van der Waals surface area contributed by atoms with Crippen LogP contribution in [0.2, 0.25) is 0 Å². The number of hydrogen-bond acceptors (Lipinski definition) is 5. The average Bonchev–Trinajstić information content (AvgIpc) is 3.07. The van der Waals surface area contributed by atoms with Crippen LogP contribution in [0.1, 0.15) is 32.1 Å². The molecule has 2 aliphatic heterocycles. The van der Waals surface area contributed by atoms with Crippen LogP contribution in [-0.4, -0.2) is 77.5 Å². The Labute approximate surface area is 148 Å². The first-order valence-electron chi connectivity index (χ1n) is 8.95. The number of carbonyl (C=O) groups is 2. The third-order valence-electron chi connectivity index (χ3n) is 5.14. The molecule has 0 aromatic heterocycles. The number of carbonyl (C=O) groups excluding carboxylic acids is 2. The lowest BCUT2D eigenvalue weighted by atomic mass is 9.93. The highest BCUT2D eigenvalue weighted by atomic mass is 16.3. The van der Waals surface area contributed by atoms with E-state index in [1.54, 1.807) is 4.90 Å². The van der Waals surface area contributed by atoms with E-state index < -0.39 is 6.04 Å². The van der Waals surface area contributed by atoms with E-state index in [1.807, 2.05) is 4.90 Å². The minimum atomic E-state index is -0.886. The first-order chi connectivity index (χ1) is 11.9. The fraction of sp³-hybridized carbons (Fsp3) is 0.812. The van der Waals surface area contributed by atoms with Crippen LogP contribution >= 0.6 is 0 Å². The number of rotatable bonds is 6.